The molecule has 1 atom stereocenters. The second-order valence-corrected chi connectivity index (χ2v) is 11.2. The normalized spacial score (nSPS) is 12.4. The van der Waals surface area contributed by atoms with Crippen molar-refractivity contribution in [3.05, 3.63) is 0 Å². The van der Waals surface area contributed by atoms with E-state index in [1.165, 1.54) is 167 Å². The molecule has 0 aromatic rings. The summed E-state index contributed by atoms with van der Waals surface area (Å²) in [6, 6.07) is 0. The lowest BCUT2D eigenvalue weighted by atomic mass is 10.0. The van der Waals surface area contributed by atoms with Gasteiger partial charge in [-0.15, -0.1) is 0 Å². The molecule has 1 unspecified atom stereocenters. The van der Waals surface area contributed by atoms with Crippen LogP contribution in [0, 0.1) is 5.92 Å². The third-order valence-electron chi connectivity index (χ3n) is 7.53. The third kappa shape index (κ3) is 30.0. The van der Waals surface area contributed by atoms with E-state index in [4.69, 9.17) is 10.5 Å². The molecule has 2 heteroatoms. The average Bonchev–Trinajstić information content (AvgIpc) is 2.85. The Balaban J connectivity index is 3.02. The molecule has 34 heavy (non-hydrogen) atoms. The minimum absolute atomic E-state index is 0.719. The Kier molecular flexibility index (Phi) is 30.9. The molecule has 0 amide bonds. The van der Waals surface area contributed by atoms with Crippen molar-refractivity contribution in [1.29, 1.82) is 0 Å². The van der Waals surface area contributed by atoms with Crippen LogP contribution in [0.1, 0.15) is 181 Å². The number of ether oxygens (including phenoxy) is 1. The van der Waals surface area contributed by atoms with Crippen LogP contribution in [0.5, 0.6) is 0 Å². The molecular weight excluding hydrogens is 414 g/mol. The lowest BCUT2D eigenvalue weighted by Gasteiger charge is -2.07. The Bertz CT molecular complexity index is 346. The van der Waals surface area contributed by atoms with E-state index < -0.39 is 0 Å². The Hall–Kier alpha value is -0.0800. The molecule has 0 fully saturated rings. The van der Waals surface area contributed by atoms with Crippen LogP contribution in [-0.2, 0) is 4.74 Å². The van der Waals surface area contributed by atoms with Crippen LogP contribution in [0.3, 0.4) is 0 Å². The number of hydrogen-bond donors (Lipinski definition) is 1. The van der Waals surface area contributed by atoms with Gasteiger partial charge >= 0.3 is 0 Å². The van der Waals surface area contributed by atoms with Gasteiger partial charge in [0.2, 0.25) is 0 Å². The van der Waals surface area contributed by atoms with Crippen LogP contribution in [0.15, 0.2) is 0 Å². The monoisotopic (exact) mass is 482 g/mol. The molecule has 0 aliphatic rings. The second-order valence-electron chi connectivity index (χ2n) is 11.2. The zero-order chi connectivity index (χ0) is 24.8. The molecule has 0 heterocycles. The lowest BCUT2D eigenvalue weighted by Crippen LogP contribution is -2.10. The summed E-state index contributed by atoms with van der Waals surface area (Å²) in [5.41, 5.74) is 5.68. The summed E-state index contributed by atoms with van der Waals surface area (Å²) in [5, 5.41) is 0. The van der Waals surface area contributed by atoms with Crippen molar-refractivity contribution < 1.29 is 4.74 Å². The summed E-state index contributed by atoms with van der Waals surface area (Å²) < 4.78 is 5.84. The summed E-state index contributed by atoms with van der Waals surface area (Å²) >= 11 is 0. The molecule has 0 aliphatic heterocycles. The predicted molar refractivity (Wildman–Crippen MR) is 155 cm³/mol. The number of hydrogen-bond acceptors (Lipinski definition) is 2. The second kappa shape index (κ2) is 31.0. The van der Waals surface area contributed by atoms with Crippen molar-refractivity contribution in [3.8, 4) is 0 Å². The first-order chi connectivity index (χ1) is 16.8. The standard InChI is InChI=1S/C32H67NO/c1-3-4-5-6-7-8-9-14-17-20-23-26-29-34-30-27-24-21-18-15-12-10-11-13-16-19-22-25-28-32(2)31-33/h32H,3-31,33H2,1-2H3. The van der Waals surface area contributed by atoms with Crippen LogP contribution in [0.25, 0.3) is 0 Å². The number of nitrogens with two attached hydrogens (primary N) is 1. The Morgan fingerprint density at radius 2 is 0.735 bits per heavy atom. The van der Waals surface area contributed by atoms with Gasteiger partial charge in [0.25, 0.3) is 0 Å². The predicted octanol–water partition coefficient (Wildman–Crippen LogP) is 10.8. The molecule has 0 bridgehead atoms. The Labute approximate surface area is 217 Å². The summed E-state index contributed by atoms with van der Waals surface area (Å²) in [6.07, 6.45) is 36.7. The van der Waals surface area contributed by atoms with Crippen molar-refractivity contribution in [2.75, 3.05) is 19.8 Å². The van der Waals surface area contributed by atoms with Gasteiger partial charge < -0.3 is 10.5 Å². The first-order valence-electron chi connectivity index (χ1n) is 16.1. The smallest absolute Gasteiger partial charge is 0.0466 e. The van der Waals surface area contributed by atoms with E-state index in [2.05, 4.69) is 13.8 Å². The minimum atomic E-state index is 0.719. The maximum absolute atomic E-state index is 5.84. The molecule has 0 radical (unpaired) electrons. The highest BCUT2D eigenvalue weighted by atomic mass is 16.5. The first-order valence-corrected chi connectivity index (χ1v) is 16.1. The molecule has 0 rings (SSSR count). The Morgan fingerprint density at radius 3 is 1.06 bits per heavy atom. The van der Waals surface area contributed by atoms with Gasteiger partial charge in [0.05, 0.1) is 0 Å². The molecule has 0 spiro atoms. The topological polar surface area (TPSA) is 35.2 Å². The molecule has 0 saturated carbocycles. The molecule has 206 valence electrons. The zero-order valence-corrected chi connectivity index (χ0v) is 24.1. The van der Waals surface area contributed by atoms with E-state index in [1.54, 1.807) is 0 Å². The van der Waals surface area contributed by atoms with Crippen molar-refractivity contribution >= 4 is 0 Å². The van der Waals surface area contributed by atoms with Crippen LogP contribution in [0.2, 0.25) is 0 Å². The summed E-state index contributed by atoms with van der Waals surface area (Å²) in [6.45, 7) is 7.40. The number of rotatable bonds is 30. The highest BCUT2D eigenvalue weighted by Crippen LogP contribution is 2.15. The van der Waals surface area contributed by atoms with Gasteiger partial charge in [-0.25, -0.2) is 0 Å². The maximum Gasteiger partial charge on any atom is 0.0466 e. The van der Waals surface area contributed by atoms with Gasteiger partial charge in [0.15, 0.2) is 0 Å². The molecule has 0 aromatic heterocycles. The van der Waals surface area contributed by atoms with Crippen LogP contribution >= 0.6 is 0 Å². The van der Waals surface area contributed by atoms with Crippen molar-refractivity contribution in [2.24, 2.45) is 11.7 Å². The molecule has 0 aromatic carbocycles. The summed E-state index contributed by atoms with van der Waals surface area (Å²) in [7, 11) is 0. The quantitative estimate of drug-likeness (QED) is 0.103. The molecule has 0 aliphatic carbocycles. The fourth-order valence-electron chi connectivity index (χ4n) is 4.91. The van der Waals surface area contributed by atoms with Crippen LogP contribution < -0.4 is 5.73 Å². The van der Waals surface area contributed by atoms with E-state index in [1.807, 2.05) is 0 Å². The van der Waals surface area contributed by atoms with Crippen LogP contribution in [0.4, 0.5) is 0 Å². The van der Waals surface area contributed by atoms with Gasteiger partial charge in [-0.05, 0) is 31.7 Å². The fourth-order valence-corrected chi connectivity index (χ4v) is 4.91. The summed E-state index contributed by atoms with van der Waals surface area (Å²) in [4.78, 5) is 0. The van der Waals surface area contributed by atoms with Gasteiger partial charge in [-0.3, -0.25) is 0 Å². The highest BCUT2D eigenvalue weighted by Gasteiger charge is 1.99. The van der Waals surface area contributed by atoms with E-state index in [0.717, 1.165) is 25.7 Å². The highest BCUT2D eigenvalue weighted by molar-refractivity contribution is 4.54. The van der Waals surface area contributed by atoms with Gasteiger partial charge in [-0.1, -0.05) is 162 Å². The van der Waals surface area contributed by atoms with Crippen molar-refractivity contribution in [2.45, 2.75) is 181 Å². The van der Waals surface area contributed by atoms with Gasteiger partial charge in [-0.2, -0.15) is 0 Å². The first kappa shape index (κ1) is 33.9. The minimum Gasteiger partial charge on any atom is -0.381 e. The molecular formula is C32H67NO. The van der Waals surface area contributed by atoms with E-state index in [9.17, 15) is 0 Å². The van der Waals surface area contributed by atoms with Crippen molar-refractivity contribution in [3.63, 3.8) is 0 Å². The lowest BCUT2D eigenvalue weighted by molar-refractivity contribution is 0.125. The number of unbranched alkanes of at least 4 members (excludes halogenated alkanes) is 23. The third-order valence-corrected chi connectivity index (χ3v) is 7.53. The fraction of sp³-hybridized carbons (Fsp3) is 1.00. The average molecular weight is 482 g/mol. The SMILES string of the molecule is CCCCCCCCCCCCCCOCCCCCCCCCCCCCCCC(C)CN. The molecule has 2 N–H and O–H groups in total. The largest absolute Gasteiger partial charge is 0.381 e. The van der Waals surface area contributed by atoms with E-state index >= 15 is 0 Å². The van der Waals surface area contributed by atoms with Gasteiger partial charge in [0.1, 0.15) is 0 Å². The van der Waals surface area contributed by atoms with Gasteiger partial charge in [0, 0.05) is 13.2 Å². The summed E-state index contributed by atoms with van der Waals surface area (Å²) in [5.74, 6) is 0.719. The molecule has 0 saturated heterocycles. The van der Waals surface area contributed by atoms with E-state index in [-0.39, 0.29) is 0 Å². The zero-order valence-electron chi connectivity index (χ0n) is 24.1. The van der Waals surface area contributed by atoms with Crippen molar-refractivity contribution in [1.82, 2.24) is 0 Å². The van der Waals surface area contributed by atoms with Crippen LogP contribution in [-0.4, -0.2) is 19.8 Å². The Morgan fingerprint density at radius 1 is 0.441 bits per heavy atom. The van der Waals surface area contributed by atoms with E-state index in [0.29, 0.717) is 0 Å². The molecule has 2 nitrogen and oxygen atoms in total. The maximum atomic E-state index is 5.84.